The van der Waals surface area contributed by atoms with Crippen molar-refractivity contribution in [3.05, 3.63) is 44.5 Å². The Morgan fingerprint density at radius 3 is 2.10 bits per heavy atom. The van der Waals surface area contributed by atoms with Crippen LogP contribution in [0, 0.1) is 20.2 Å². The molecule has 0 spiro atoms. The zero-order chi connectivity index (χ0) is 15.9. The van der Waals surface area contributed by atoms with Crippen LogP contribution < -0.4 is 0 Å². The van der Waals surface area contributed by atoms with Crippen LogP contribution in [0.3, 0.4) is 0 Å². The molecule has 0 saturated heterocycles. The van der Waals surface area contributed by atoms with Crippen molar-refractivity contribution in [2.24, 2.45) is 0 Å². The minimum Gasteiger partial charge on any atom is -0.502 e. The third-order valence-corrected chi connectivity index (χ3v) is 3.62. The Labute approximate surface area is 116 Å². The summed E-state index contributed by atoms with van der Waals surface area (Å²) in [6.07, 6.45) is 0. The Morgan fingerprint density at radius 2 is 1.62 bits per heavy atom. The lowest BCUT2D eigenvalue weighted by molar-refractivity contribution is -0.393. The van der Waals surface area contributed by atoms with Crippen molar-refractivity contribution < 1.29 is 27.9 Å². The van der Waals surface area contributed by atoms with E-state index in [1.165, 1.54) is 0 Å². The second-order valence-electron chi connectivity index (χ2n) is 3.93. The van der Waals surface area contributed by atoms with Crippen LogP contribution >= 0.6 is 0 Å². The van der Waals surface area contributed by atoms with Crippen LogP contribution in [0.1, 0.15) is 0 Å². The van der Waals surface area contributed by atoms with Gasteiger partial charge in [0.2, 0.25) is 5.75 Å². The molecular formula is C10H6N2O8S. The number of non-ortho nitro benzene ring substituents is 1. The number of hydrogen-bond donors (Lipinski definition) is 2. The first-order valence-electron chi connectivity index (χ1n) is 5.19. The van der Waals surface area contributed by atoms with Gasteiger partial charge in [-0.1, -0.05) is 6.07 Å². The maximum Gasteiger partial charge on any atom is 0.318 e. The molecule has 0 bridgehead atoms. The molecule has 0 atom stereocenters. The minimum atomic E-state index is -4.84. The molecule has 0 aliphatic rings. The van der Waals surface area contributed by atoms with E-state index >= 15 is 0 Å². The van der Waals surface area contributed by atoms with Gasteiger partial charge in [0.1, 0.15) is 4.90 Å². The molecule has 0 amide bonds. The van der Waals surface area contributed by atoms with E-state index in [2.05, 4.69) is 0 Å². The van der Waals surface area contributed by atoms with Crippen molar-refractivity contribution in [3.63, 3.8) is 0 Å². The molecule has 0 radical (unpaired) electrons. The Morgan fingerprint density at radius 1 is 1.05 bits per heavy atom. The number of nitro benzene ring substituents is 2. The summed E-state index contributed by atoms with van der Waals surface area (Å²) in [5.41, 5.74) is -1.80. The van der Waals surface area contributed by atoms with Gasteiger partial charge in [0.25, 0.3) is 15.8 Å². The fourth-order valence-corrected chi connectivity index (χ4v) is 2.61. The molecule has 11 heteroatoms. The Bertz CT molecular complexity index is 890. The zero-order valence-electron chi connectivity index (χ0n) is 9.96. The van der Waals surface area contributed by atoms with Crippen molar-refractivity contribution in [2.45, 2.75) is 4.90 Å². The standard InChI is InChI=1S/C10H6N2O8S/c13-10-7(12(16)17)4-6(11(14)15)5-2-1-3-8(9(5)10)21(18,19)20/h1-4,13H,(H,18,19,20). The quantitative estimate of drug-likeness (QED) is 0.490. The maximum atomic E-state index is 11.3. The Balaban J connectivity index is 3.14. The van der Waals surface area contributed by atoms with Crippen LogP contribution in [0.5, 0.6) is 5.75 Å². The predicted octanol–water partition coefficient (Wildman–Crippen LogP) is 1.61. The first-order chi connectivity index (χ1) is 9.64. The molecule has 0 aliphatic carbocycles. The number of nitro groups is 2. The third kappa shape index (κ3) is 2.34. The van der Waals surface area contributed by atoms with Crippen molar-refractivity contribution in [2.75, 3.05) is 0 Å². The van der Waals surface area contributed by atoms with E-state index in [1.807, 2.05) is 0 Å². The fourth-order valence-electron chi connectivity index (χ4n) is 1.90. The summed E-state index contributed by atoms with van der Waals surface area (Å²) >= 11 is 0. The first-order valence-corrected chi connectivity index (χ1v) is 6.63. The normalized spacial score (nSPS) is 11.5. The lowest BCUT2D eigenvalue weighted by Crippen LogP contribution is -2.02. The molecule has 0 fully saturated rings. The number of benzene rings is 2. The fraction of sp³-hybridized carbons (Fsp3) is 0. The van der Waals surface area contributed by atoms with E-state index in [1.54, 1.807) is 0 Å². The summed E-state index contributed by atoms with van der Waals surface area (Å²) in [6, 6.07) is 3.59. The van der Waals surface area contributed by atoms with Crippen LogP contribution in [-0.4, -0.2) is 27.9 Å². The SMILES string of the molecule is O=[N+]([O-])c1cc([N+](=O)[O-])c2cccc(S(=O)(=O)O)c2c1O. The number of rotatable bonds is 3. The minimum absolute atomic E-state index is 0.349. The highest BCUT2D eigenvalue weighted by atomic mass is 32.2. The topological polar surface area (TPSA) is 161 Å². The van der Waals surface area contributed by atoms with E-state index in [0.29, 0.717) is 6.07 Å². The molecule has 2 N–H and O–H groups in total. The van der Waals surface area contributed by atoms with E-state index in [9.17, 15) is 33.8 Å². The predicted molar refractivity (Wildman–Crippen MR) is 68.7 cm³/mol. The van der Waals surface area contributed by atoms with E-state index in [4.69, 9.17) is 4.55 Å². The van der Waals surface area contributed by atoms with Gasteiger partial charge in [0.15, 0.2) is 0 Å². The second-order valence-corrected chi connectivity index (χ2v) is 5.32. The molecule has 0 saturated carbocycles. The Kier molecular flexibility index (Phi) is 3.23. The highest BCUT2D eigenvalue weighted by Gasteiger charge is 2.29. The second kappa shape index (κ2) is 4.64. The van der Waals surface area contributed by atoms with Gasteiger partial charge in [0.05, 0.1) is 26.7 Å². The molecule has 21 heavy (non-hydrogen) atoms. The molecule has 2 aromatic rings. The number of hydrogen-bond acceptors (Lipinski definition) is 7. The highest BCUT2D eigenvalue weighted by molar-refractivity contribution is 7.86. The van der Waals surface area contributed by atoms with E-state index < -0.39 is 47.4 Å². The van der Waals surface area contributed by atoms with Gasteiger partial charge >= 0.3 is 5.69 Å². The number of fused-ring (bicyclic) bond motifs is 1. The highest BCUT2D eigenvalue weighted by Crippen LogP contribution is 2.42. The molecule has 0 aliphatic heterocycles. The molecular weight excluding hydrogens is 308 g/mol. The van der Waals surface area contributed by atoms with Gasteiger partial charge in [-0.2, -0.15) is 8.42 Å². The van der Waals surface area contributed by atoms with E-state index in [0.717, 1.165) is 18.2 Å². The van der Waals surface area contributed by atoms with Crippen LogP contribution in [-0.2, 0) is 10.1 Å². The summed E-state index contributed by atoms with van der Waals surface area (Å²) in [7, 11) is -4.84. The van der Waals surface area contributed by atoms with Crippen molar-refractivity contribution in [3.8, 4) is 5.75 Å². The van der Waals surface area contributed by atoms with Crippen LogP contribution in [0.4, 0.5) is 11.4 Å². The molecule has 2 aromatic carbocycles. The van der Waals surface area contributed by atoms with Crippen LogP contribution in [0.2, 0.25) is 0 Å². The third-order valence-electron chi connectivity index (χ3n) is 2.73. The summed E-state index contributed by atoms with van der Waals surface area (Å²) in [6.45, 7) is 0. The molecule has 110 valence electrons. The van der Waals surface area contributed by atoms with Gasteiger partial charge in [-0.15, -0.1) is 0 Å². The van der Waals surface area contributed by atoms with Gasteiger partial charge in [-0.3, -0.25) is 24.8 Å². The molecule has 10 nitrogen and oxygen atoms in total. The van der Waals surface area contributed by atoms with Crippen LogP contribution in [0.15, 0.2) is 29.2 Å². The largest absolute Gasteiger partial charge is 0.502 e. The van der Waals surface area contributed by atoms with Crippen LogP contribution in [0.25, 0.3) is 10.8 Å². The van der Waals surface area contributed by atoms with Crippen molar-refractivity contribution in [1.29, 1.82) is 0 Å². The summed E-state index contributed by atoms with van der Waals surface area (Å²) in [5.74, 6) is -1.08. The molecule has 2 rings (SSSR count). The number of phenols is 1. The van der Waals surface area contributed by atoms with E-state index in [-0.39, 0.29) is 5.39 Å². The van der Waals surface area contributed by atoms with Gasteiger partial charge < -0.3 is 5.11 Å². The van der Waals surface area contributed by atoms with Crippen molar-refractivity contribution in [1.82, 2.24) is 0 Å². The number of nitrogens with zero attached hydrogens (tertiary/aromatic N) is 2. The maximum absolute atomic E-state index is 11.3. The molecule has 0 aromatic heterocycles. The summed E-state index contributed by atoms with van der Waals surface area (Å²) in [5, 5.41) is 30.6. The van der Waals surface area contributed by atoms with Gasteiger partial charge in [0, 0.05) is 0 Å². The molecule has 0 heterocycles. The first kappa shape index (κ1) is 14.6. The van der Waals surface area contributed by atoms with Crippen molar-refractivity contribution >= 4 is 32.3 Å². The van der Waals surface area contributed by atoms with Gasteiger partial charge in [-0.25, -0.2) is 0 Å². The summed E-state index contributed by atoms with van der Waals surface area (Å²) < 4.78 is 31.6. The number of phenolic OH excluding ortho intramolecular Hbond substituents is 1. The summed E-state index contributed by atoms with van der Waals surface area (Å²) in [4.78, 5) is 18.9. The lowest BCUT2D eigenvalue weighted by atomic mass is 10.1. The molecule has 0 unspecified atom stereocenters. The smallest absolute Gasteiger partial charge is 0.318 e. The Hall–Kier alpha value is -2.79. The number of aromatic hydroxyl groups is 1. The van der Waals surface area contributed by atoms with Gasteiger partial charge in [-0.05, 0) is 12.1 Å². The zero-order valence-corrected chi connectivity index (χ0v) is 10.8. The lowest BCUT2D eigenvalue weighted by Gasteiger charge is -2.07. The monoisotopic (exact) mass is 314 g/mol. The average molecular weight is 314 g/mol. The average Bonchev–Trinajstić information content (AvgIpc) is 2.36.